The normalized spacial score (nSPS) is 10.1. The van der Waals surface area contributed by atoms with E-state index in [0.29, 0.717) is 37.4 Å². The lowest BCUT2D eigenvalue weighted by molar-refractivity contribution is -0.107. The summed E-state index contributed by atoms with van der Waals surface area (Å²) >= 11 is 0. The van der Waals surface area contributed by atoms with Crippen LogP contribution in [-0.4, -0.2) is 26.0 Å². The summed E-state index contributed by atoms with van der Waals surface area (Å²) in [5, 5.41) is 0. The molecular formula is C18H20N2O4S2. The summed E-state index contributed by atoms with van der Waals surface area (Å²) in [6.07, 6.45) is 1.41. The molecule has 0 saturated heterocycles. The smallest absolute Gasteiger partial charge is 0.224 e. The van der Waals surface area contributed by atoms with E-state index >= 15 is 0 Å². The van der Waals surface area contributed by atoms with E-state index in [1.807, 2.05) is 13.8 Å². The Morgan fingerprint density at radius 3 is 1.35 bits per heavy atom. The number of anilines is 2. The lowest BCUT2D eigenvalue weighted by atomic mass is 10.3. The van der Waals surface area contributed by atoms with E-state index in [1.165, 1.54) is 8.61 Å². The average molecular weight is 393 g/mol. The molecule has 0 N–H and O–H groups in total. The highest BCUT2D eigenvalue weighted by atomic mass is 33.1. The molecule has 0 aliphatic heterocycles. The van der Waals surface area contributed by atoms with Gasteiger partial charge in [-0.25, -0.2) is 8.61 Å². The van der Waals surface area contributed by atoms with Gasteiger partial charge in [-0.15, -0.1) is 0 Å². The average Bonchev–Trinajstić information content (AvgIpc) is 2.68. The first-order valence-electron chi connectivity index (χ1n) is 8.01. The molecule has 2 aromatic carbocycles. The number of benzene rings is 2. The molecule has 6 nitrogen and oxygen atoms in total. The van der Waals surface area contributed by atoms with Gasteiger partial charge in [-0.05, 0) is 62.4 Å². The van der Waals surface area contributed by atoms with Gasteiger partial charge in [0.15, 0.2) is 0 Å². The Balaban J connectivity index is 2.00. The quantitative estimate of drug-likeness (QED) is 0.322. The molecule has 0 spiro atoms. The standard InChI is InChI=1S/C18H20N2O4S2/c1-3-23-17-9-5-15(6-10-17)19(13-21)25-26-20(14-22)16-7-11-18(12-8-16)24-4-2/h5-14H,3-4H2,1-2H3. The van der Waals surface area contributed by atoms with Crippen LogP contribution in [0.2, 0.25) is 0 Å². The van der Waals surface area contributed by atoms with Crippen molar-refractivity contribution in [3.8, 4) is 11.5 Å². The lowest BCUT2D eigenvalue weighted by Gasteiger charge is -2.20. The summed E-state index contributed by atoms with van der Waals surface area (Å²) in [7, 11) is 2.28. The largest absolute Gasteiger partial charge is 0.494 e. The van der Waals surface area contributed by atoms with Crippen LogP contribution in [0.1, 0.15) is 13.8 Å². The third-order valence-electron chi connectivity index (χ3n) is 3.19. The Kier molecular flexibility index (Phi) is 8.17. The van der Waals surface area contributed by atoms with E-state index in [4.69, 9.17) is 9.47 Å². The highest BCUT2D eigenvalue weighted by molar-refractivity contribution is 8.78. The number of amides is 2. The first-order valence-corrected chi connectivity index (χ1v) is 10.1. The van der Waals surface area contributed by atoms with Crippen molar-refractivity contribution < 1.29 is 19.1 Å². The third-order valence-corrected chi connectivity index (χ3v) is 5.34. The fourth-order valence-electron chi connectivity index (χ4n) is 2.03. The zero-order valence-corrected chi connectivity index (χ0v) is 16.2. The maximum absolute atomic E-state index is 11.4. The van der Waals surface area contributed by atoms with Gasteiger partial charge in [-0.3, -0.25) is 9.59 Å². The van der Waals surface area contributed by atoms with Crippen LogP contribution in [0.15, 0.2) is 48.5 Å². The van der Waals surface area contributed by atoms with Gasteiger partial charge in [0.2, 0.25) is 12.8 Å². The summed E-state index contributed by atoms with van der Waals surface area (Å²) in [5.74, 6) is 1.48. The SMILES string of the molecule is CCOc1ccc(N(C=O)SSN(C=O)c2ccc(OCC)cc2)cc1. The number of hydrogen-bond acceptors (Lipinski definition) is 6. The Bertz CT molecular complexity index is 634. The third kappa shape index (κ3) is 5.60. The van der Waals surface area contributed by atoms with Crippen molar-refractivity contribution in [2.45, 2.75) is 13.8 Å². The van der Waals surface area contributed by atoms with E-state index in [1.54, 1.807) is 48.5 Å². The van der Waals surface area contributed by atoms with E-state index in [-0.39, 0.29) is 0 Å². The molecule has 0 aliphatic carbocycles. The Morgan fingerprint density at radius 1 is 0.731 bits per heavy atom. The van der Waals surface area contributed by atoms with Crippen molar-refractivity contribution in [3.05, 3.63) is 48.5 Å². The van der Waals surface area contributed by atoms with Gasteiger partial charge < -0.3 is 9.47 Å². The molecule has 138 valence electrons. The van der Waals surface area contributed by atoms with Gasteiger partial charge in [-0.2, -0.15) is 0 Å². The molecule has 0 heterocycles. The molecule has 0 unspecified atom stereocenters. The van der Waals surface area contributed by atoms with Crippen molar-refractivity contribution in [2.24, 2.45) is 0 Å². The van der Waals surface area contributed by atoms with Crippen LogP contribution in [0.5, 0.6) is 11.5 Å². The summed E-state index contributed by atoms with van der Waals surface area (Å²) in [6, 6.07) is 14.3. The summed E-state index contributed by atoms with van der Waals surface area (Å²) in [6.45, 7) is 4.98. The van der Waals surface area contributed by atoms with Gasteiger partial charge in [0.05, 0.1) is 46.5 Å². The fourth-order valence-corrected chi connectivity index (χ4v) is 3.81. The van der Waals surface area contributed by atoms with Crippen LogP contribution in [0.4, 0.5) is 11.4 Å². The number of carbonyl (C=O) groups excluding carboxylic acids is 2. The van der Waals surface area contributed by atoms with E-state index in [0.717, 1.165) is 33.5 Å². The fraction of sp³-hybridized carbons (Fsp3) is 0.222. The molecule has 0 saturated carbocycles. The second kappa shape index (κ2) is 10.6. The summed E-state index contributed by atoms with van der Waals surface area (Å²) < 4.78 is 13.7. The first-order chi connectivity index (χ1) is 12.7. The van der Waals surface area contributed by atoms with Crippen molar-refractivity contribution in [2.75, 3.05) is 21.8 Å². The maximum atomic E-state index is 11.4. The molecule has 8 heteroatoms. The van der Waals surface area contributed by atoms with Crippen LogP contribution < -0.4 is 18.1 Å². The molecule has 0 atom stereocenters. The number of nitrogens with zero attached hydrogens (tertiary/aromatic N) is 2. The molecule has 0 aliphatic rings. The van der Waals surface area contributed by atoms with Crippen LogP contribution in [0.25, 0.3) is 0 Å². The summed E-state index contributed by atoms with van der Waals surface area (Å²) in [5.41, 5.74) is 1.39. The Hall–Kier alpha value is -2.32. The topological polar surface area (TPSA) is 59.1 Å². The minimum absolute atomic E-state index is 0.581. The Labute approximate surface area is 161 Å². The molecule has 0 bridgehead atoms. The maximum Gasteiger partial charge on any atom is 0.224 e. The van der Waals surface area contributed by atoms with Crippen LogP contribution >= 0.6 is 22.0 Å². The van der Waals surface area contributed by atoms with E-state index in [2.05, 4.69) is 0 Å². The second-order valence-corrected chi connectivity index (χ2v) is 6.84. The number of carbonyl (C=O) groups is 2. The van der Waals surface area contributed by atoms with E-state index < -0.39 is 0 Å². The van der Waals surface area contributed by atoms with Gasteiger partial charge in [0, 0.05) is 0 Å². The zero-order valence-electron chi connectivity index (χ0n) is 14.5. The molecular weight excluding hydrogens is 372 g/mol. The van der Waals surface area contributed by atoms with Crippen molar-refractivity contribution in [1.82, 2.24) is 0 Å². The highest BCUT2D eigenvalue weighted by Crippen LogP contribution is 2.36. The molecule has 0 fully saturated rings. The van der Waals surface area contributed by atoms with Gasteiger partial charge in [0.25, 0.3) is 0 Å². The van der Waals surface area contributed by atoms with Crippen molar-refractivity contribution in [3.63, 3.8) is 0 Å². The van der Waals surface area contributed by atoms with E-state index in [9.17, 15) is 9.59 Å². The zero-order chi connectivity index (χ0) is 18.8. The minimum atomic E-state index is 0.581. The molecule has 0 radical (unpaired) electrons. The van der Waals surface area contributed by atoms with Crippen LogP contribution in [-0.2, 0) is 9.59 Å². The Morgan fingerprint density at radius 2 is 1.08 bits per heavy atom. The second-order valence-electron chi connectivity index (χ2n) is 4.87. The highest BCUT2D eigenvalue weighted by Gasteiger charge is 2.13. The lowest BCUT2D eigenvalue weighted by Crippen LogP contribution is -2.15. The molecule has 2 aromatic rings. The van der Waals surface area contributed by atoms with Gasteiger partial charge in [-0.1, -0.05) is 0 Å². The van der Waals surface area contributed by atoms with Crippen molar-refractivity contribution >= 4 is 46.2 Å². The monoisotopic (exact) mass is 392 g/mol. The number of ether oxygens (including phenoxy) is 2. The van der Waals surface area contributed by atoms with Crippen molar-refractivity contribution in [1.29, 1.82) is 0 Å². The minimum Gasteiger partial charge on any atom is -0.494 e. The predicted octanol–water partition coefficient (Wildman–Crippen LogP) is 4.32. The van der Waals surface area contributed by atoms with Gasteiger partial charge in [0.1, 0.15) is 11.5 Å². The molecule has 0 aromatic heterocycles. The molecule has 2 amide bonds. The summed E-state index contributed by atoms with van der Waals surface area (Å²) in [4.78, 5) is 22.8. The van der Waals surface area contributed by atoms with Crippen LogP contribution in [0, 0.1) is 0 Å². The van der Waals surface area contributed by atoms with Gasteiger partial charge >= 0.3 is 0 Å². The molecule has 26 heavy (non-hydrogen) atoms. The number of hydrogen-bond donors (Lipinski definition) is 0. The first kappa shape index (κ1) is 20.0. The molecule has 2 rings (SSSR count). The number of rotatable bonds is 11. The van der Waals surface area contributed by atoms with Crippen LogP contribution in [0.3, 0.4) is 0 Å². The predicted molar refractivity (Wildman–Crippen MR) is 107 cm³/mol.